The number of nitrogens with zero attached hydrogens (tertiary/aromatic N) is 3. The van der Waals surface area contributed by atoms with E-state index in [0.29, 0.717) is 18.2 Å². The molecule has 0 radical (unpaired) electrons. The van der Waals surface area contributed by atoms with Crippen LogP contribution in [0.4, 0.5) is 0 Å². The third kappa shape index (κ3) is 2.42. The lowest BCUT2D eigenvalue weighted by Crippen LogP contribution is -2.21. The summed E-state index contributed by atoms with van der Waals surface area (Å²) in [6, 6.07) is 3.98. The van der Waals surface area contributed by atoms with Crippen LogP contribution in [-0.4, -0.2) is 19.9 Å². The summed E-state index contributed by atoms with van der Waals surface area (Å²) in [5.74, 6) is 1.80. The van der Waals surface area contributed by atoms with Crippen LogP contribution in [0.25, 0.3) is 0 Å². The smallest absolute Gasteiger partial charge is 0.146 e. The molecular weight excluding hydrogens is 264 g/mol. The van der Waals surface area contributed by atoms with Crippen molar-refractivity contribution in [3.8, 4) is 5.75 Å². The van der Waals surface area contributed by atoms with Crippen molar-refractivity contribution in [3.05, 3.63) is 41.0 Å². The van der Waals surface area contributed by atoms with Gasteiger partial charge in [-0.25, -0.2) is 0 Å². The Morgan fingerprint density at radius 2 is 2.19 bits per heavy atom. The Labute approximate surface area is 125 Å². The monoisotopic (exact) mass is 286 g/mol. The van der Waals surface area contributed by atoms with Crippen molar-refractivity contribution in [2.75, 3.05) is 0 Å². The summed E-state index contributed by atoms with van der Waals surface area (Å²) in [6.07, 6.45) is 2.76. The van der Waals surface area contributed by atoms with Gasteiger partial charge in [-0.3, -0.25) is 0 Å². The second kappa shape index (κ2) is 5.48. The number of aryl methyl sites for hydroxylation is 2. The second-order valence-electron chi connectivity index (χ2n) is 5.83. The normalized spacial score (nSPS) is 20.7. The summed E-state index contributed by atoms with van der Waals surface area (Å²) in [7, 11) is 0. The van der Waals surface area contributed by atoms with Crippen LogP contribution in [0.1, 0.15) is 54.7 Å². The summed E-state index contributed by atoms with van der Waals surface area (Å²) in [5.41, 5.74) is 3.62. The predicted octanol–water partition coefficient (Wildman–Crippen LogP) is 2.65. The van der Waals surface area contributed by atoms with Gasteiger partial charge >= 0.3 is 0 Å². The largest absolute Gasteiger partial charge is 0.508 e. The molecule has 112 valence electrons. The first-order chi connectivity index (χ1) is 10.1. The molecule has 0 bridgehead atoms. The van der Waals surface area contributed by atoms with Gasteiger partial charge in [-0.15, -0.1) is 10.2 Å². The fourth-order valence-electron chi connectivity index (χ4n) is 3.42. The molecule has 0 saturated carbocycles. The van der Waals surface area contributed by atoms with E-state index in [1.54, 1.807) is 12.4 Å². The number of nitrogens with one attached hydrogen (secondary N) is 1. The Hall–Kier alpha value is -1.88. The number of hydrogen-bond donors (Lipinski definition) is 2. The summed E-state index contributed by atoms with van der Waals surface area (Å²) < 4.78 is 2.03. The number of rotatable bonds is 4. The maximum Gasteiger partial charge on any atom is 0.146 e. The highest BCUT2D eigenvalue weighted by atomic mass is 16.3. The van der Waals surface area contributed by atoms with Crippen LogP contribution in [0.15, 0.2) is 18.5 Å². The standard InChI is InChI=1S/C16H22N4O/c1-4-20-9-18-19-14(20)8-17-12-7-11(3)15-10(2)5-6-13(21)16(12)15/h5-6,9,11-12,17,21H,4,7-8H2,1-3H3. The lowest BCUT2D eigenvalue weighted by atomic mass is 9.97. The van der Waals surface area contributed by atoms with Crippen molar-refractivity contribution in [2.45, 2.75) is 52.2 Å². The van der Waals surface area contributed by atoms with Gasteiger partial charge in [-0.1, -0.05) is 13.0 Å². The quantitative estimate of drug-likeness (QED) is 0.907. The minimum atomic E-state index is 0.178. The summed E-state index contributed by atoms with van der Waals surface area (Å²) in [6.45, 7) is 7.95. The van der Waals surface area contributed by atoms with E-state index in [0.717, 1.165) is 24.4 Å². The van der Waals surface area contributed by atoms with Gasteiger partial charge in [0.2, 0.25) is 0 Å². The van der Waals surface area contributed by atoms with E-state index >= 15 is 0 Å². The van der Waals surface area contributed by atoms with Gasteiger partial charge in [-0.05, 0) is 43.4 Å². The Bertz CT molecular complexity index is 650. The molecule has 0 spiro atoms. The molecule has 0 aliphatic heterocycles. The molecule has 21 heavy (non-hydrogen) atoms. The minimum absolute atomic E-state index is 0.178. The van der Waals surface area contributed by atoms with E-state index in [1.807, 2.05) is 10.6 Å². The third-order valence-electron chi connectivity index (χ3n) is 4.46. The van der Waals surface area contributed by atoms with Gasteiger partial charge in [0.15, 0.2) is 0 Å². The summed E-state index contributed by atoms with van der Waals surface area (Å²) in [4.78, 5) is 0. The zero-order valence-electron chi connectivity index (χ0n) is 12.8. The average molecular weight is 286 g/mol. The van der Waals surface area contributed by atoms with Crippen LogP contribution in [0.2, 0.25) is 0 Å². The average Bonchev–Trinajstić information content (AvgIpc) is 3.05. The molecule has 0 saturated heterocycles. The van der Waals surface area contributed by atoms with Gasteiger partial charge in [-0.2, -0.15) is 0 Å². The van der Waals surface area contributed by atoms with Crippen LogP contribution in [0.3, 0.4) is 0 Å². The van der Waals surface area contributed by atoms with E-state index in [9.17, 15) is 5.11 Å². The van der Waals surface area contributed by atoms with Crippen molar-refractivity contribution >= 4 is 0 Å². The minimum Gasteiger partial charge on any atom is -0.508 e. The van der Waals surface area contributed by atoms with Crippen LogP contribution in [0.5, 0.6) is 5.75 Å². The first-order valence-electron chi connectivity index (χ1n) is 7.54. The summed E-state index contributed by atoms with van der Waals surface area (Å²) >= 11 is 0. The zero-order valence-corrected chi connectivity index (χ0v) is 12.8. The highest BCUT2D eigenvalue weighted by Crippen LogP contribution is 2.45. The molecule has 2 unspecified atom stereocenters. The van der Waals surface area contributed by atoms with Crippen LogP contribution >= 0.6 is 0 Å². The van der Waals surface area contributed by atoms with Crippen molar-refractivity contribution < 1.29 is 5.11 Å². The molecule has 1 aliphatic carbocycles. The van der Waals surface area contributed by atoms with E-state index < -0.39 is 0 Å². The molecule has 2 aromatic rings. The van der Waals surface area contributed by atoms with Crippen LogP contribution in [0, 0.1) is 6.92 Å². The second-order valence-corrected chi connectivity index (χ2v) is 5.83. The Kier molecular flexibility index (Phi) is 3.68. The fourth-order valence-corrected chi connectivity index (χ4v) is 3.42. The molecule has 2 atom stereocenters. The van der Waals surface area contributed by atoms with Gasteiger partial charge in [0.1, 0.15) is 17.9 Å². The first kappa shape index (κ1) is 14.1. The Morgan fingerprint density at radius 1 is 1.38 bits per heavy atom. The molecule has 5 nitrogen and oxygen atoms in total. The van der Waals surface area contributed by atoms with Gasteiger partial charge in [0, 0.05) is 18.2 Å². The molecule has 5 heteroatoms. The number of aromatic hydroxyl groups is 1. The van der Waals surface area contributed by atoms with E-state index in [2.05, 4.69) is 36.3 Å². The van der Waals surface area contributed by atoms with Crippen LogP contribution in [-0.2, 0) is 13.1 Å². The number of fused-ring (bicyclic) bond motifs is 1. The summed E-state index contributed by atoms with van der Waals surface area (Å²) in [5, 5.41) is 21.9. The number of phenolic OH excluding ortho intramolecular Hbond substituents is 1. The highest BCUT2D eigenvalue weighted by Gasteiger charge is 2.31. The molecule has 0 fully saturated rings. The number of benzene rings is 1. The SMILES string of the molecule is CCn1cnnc1CNC1CC(C)c2c(C)ccc(O)c21. The predicted molar refractivity (Wildman–Crippen MR) is 81.2 cm³/mol. The third-order valence-corrected chi connectivity index (χ3v) is 4.46. The molecule has 3 rings (SSSR count). The van der Waals surface area contributed by atoms with E-state index in [-0.39, 0.29) is 6.04 Å². The number of aromatic nitrogens is 3. The Morgan fingerprint density at radius 3 is 2.95 bits per heavy atom. The topological polar surface area (TPSA) is 63.0 Å². The fraction of sp³-hybridized carbons (Fsp3) is 0.500. The van der Waals surface area contributed by atoms with Crippen molar-refractivity contribution in [2.24, 2.45) is 0 Å². The number of hydrogen-bond acceptors (Lipinski definition) is 4. The molecule has 0 amide bonds. The maximum atomic E-state index is 10.2. The van der Waals surface area contributed by atoms with Crippen molar-refractivity contribution in [1.82, 2.24) is 20.1 Å². The molecule has 1 aromatic heterocycles. The molecule has 1 aliphatic rings. The van der Waals surface area contributed by atoms with E-state index in [4.69, 9.17) is 0 Å². The van der Waals surface area contributed by atoms with Crippen molar-refractivity contribution in [1.29, 1.82) is 0 Å². The van der Waals surface area contributed by atoms with E-state index in [1.165, 1.54) is 11.1 Å². The van der Waals surface area contributed by atoms with Gasteiger partial charge < -0.3 is 15.0 Å². The maximum absolute atomic E-state index is 10.2. The lowest BCUT2D eigenvalue weighted by molar-refractivity contribution is 0.440. The van der Waals surface area contributed by atoms with Crippen LogP contribution < -0.4 is 5.32 Å². The molecular formula is C16H22N4O. The van der Waals surface area contributed by atoms with Gasteiger partial charge in [0.05, 0.1) is 6.54 Å². The van der Waals surface area contributed by atoms with Crippen molar-refractivity contribution in [3.63, 3.8) is 0 Å². The molecule has 1 aromatic carbocycles. The Balaban J connectivity index is 1.82. The molecule has 2 N–H and O–H groups in total. The zero-order chi connectivity index (χ0) is 15.0. The van der Waals surface area contributed by atoms with Gasteiger partial charge in [0.25, 0.3) is 0 Å². The molecule has 1 heterocycles. The first-order valence-corrected chi connectivity index (χ1v) is 7.54. The number of phenols is 1. The highest BCUT2D eigenvalue weighted by molar-refractivity contribution is 5.50. The lowest BCUT2D eigenvalue weighted by Gasteiger charge is -2.15.